The molecular weight excluding hydrogens is 308 g/mol. The molecule has 24 heavy (non-hydrogen) atoms. The highest BCUT2D eigenvalue weighted by Crippen LogP contribution is 2.16. The molecule has 6 heteroatoms. The molecule has 2 atom stereocenters. The van der Waals surface area contributed by atoms with Gasteiger partial charge in [-0.15, -0.1) is 0 Å². The summed E-state index contributed by atoms with van der Waals surface area (Å²) in [5.74, 6) is -0.373. The van der Waals surface area contributed by atoms with Crippen LogP contribution in [-0.4, -0.2) is 37.4 Å². The van der Waals surface area contributed by atoms with Crippen molar-refractivity contribution in [3.8, 4) is 0 Å². The van der Waals surface area contributed by atoms with Crippen molar-refractivity contribution in [3.63, 3.8) is 0 Å². The Labute approximate surface area is 142 Å². The Morgan fingerprint density at radius 3 is 2.75 bits per heavy atom. The first-order valence-electron chi connectivity index (χ1n) is 8.22. The fourth-order valence-corrected chi connectivity index (χ4v) is 2.50. The molecule has 0 unspecified atom stereocenters. The monoisotopic (exact) mass is 332 g/mol. The number of anilines is 1. The van der Waals surface area contributed by atoms with Gasteiger partial charge in [0.2, 0.25) is 0 Å². The number of esters is 1. The van der Waals surface area contributed by atoms with E-state index in [4.69, 9.17) is 9.47 Å². The number of carbonyl (C=O) groups excluding carboxylic acids is 2. The van der Waals surface area contributed by atoms with Gasteiger partial charge in [-0.2, -0.15) is 0 Å². The van der Waals surface area contributed by atoms with E-state index in [1.807, 2.05) is 19.1 Å². The Bertz CT molecular complexity index is 577. The molecule has 0 saturated carbocycles. The number of nitrogens with one attached hydrogen (secondary N) is 2. The summed E-state index contributed by atoms with van der Waals surface area (Å²) in [6, 6.07) is 6.90. The number of ether oxygens (including phenoxy) is 2. The van der Waals surface area contributed by atoms with Crippen molar-refractivity contribution in [3.05, 3.63) is 35.9 Å². The van der Waals surface area contributed by atoms with E-state index in [0.29, 0.717) is 12.3 Å². The third-order valence-corrected chi connectivity index (χ3v) is 3.75. The molecule has 2 N–H and O–H groups in total. The lowest BCUT2D eigenvalue weighted by Gasteiger charge is -2.20. The minimum Gasteiger partial charge on any atom is -0.463 e. The van der Waals surface area contributed by atoms with Gasteiger partial charge in [-0.05, 0) is 50.5 Å². The zero-order valence-corrected chi connectivity index (χ0v) is 14.1. The summed E-state index contributed by atoms with van der Waals surface area (Å²) in [5.41, 5.74) is 1.53. The highest BCUT2D eigenvalue weighted by atomic mass is 16.5. The smallest absolute Gasteiger partial charge is 0.330 e. The summed E-state index contributed by atoms with van der Waals surface area (Å²) in [5, 5.41) is 5.68. The Morgan fingerprint density at radius 1 is 1.38 bits per heavy atom. The largest absolute Gasteiger partial charge is 0.463 e. The van der Waals surface area contributed by atoms with Crippen LogP contribution in [0.4, 0.5) is 10.5 Å². The molecule has 1 saturated heterocycles. The van der Waals surface area contributed by atoms with Gasteiger partial charge in [0.25, 0.3) is 0 Å². The predicted molar refractivity (Wildman–Crippen MR) is 92.7 cm³/mol. The lowest BCUT2D eigenvalue weighted by Crippen LogP contribution is -2.42. The van der Waals surface area contributed by atoms with Crippen LogP contribution in [0.1, 0.15) is 32.3 Å². The number of hydrogen-bond acceptors (Lipinski definition) is 4. The fourth-order valence-electron chi connectivity index (χ4n) is 2.50. The molecule has 2 rings (SSSR count). The summed E-state index contributed by atoms with van der Waals surface area (Å²) < 4.78 is 10.4. The van der Waals surface area contributed by atoms with Crippen molar-refractivity contribution in [2.24, 2.45) is 0 Å². The van der Waals surface area contributed by atoms with E-state index >= 15 is 0 Å². The van der Waals surface area contributed by atoms with Gasteiger partial charge in [0, 0.05) is 18.4 Å². The second-order valence-electron chi connectivity index (χ2n) is 5.65. The van der Waals surface area contributed by atoms with E-state index < -0.39 is 0 Å². The first-order valence-corrected chi connectivity index (χ1v) is 8.22. The van der Waals surface area contributed by atoms with Crippen molar-refractivity contribution in [2.75, 3.05) is 18.5 Å². The highest BCUT2D eigenvalue weighted by Gasteiger charge is 2.23. The van der Waals surface area contributed by atoms with E-state index in [2.05, 4.69) is 10.6 Å². The molecule has 1 aliphatic heterocycles. The van der Waals surface area contributed by atoms with Gasteiger partial charge in [0.15, 0.2) is 0 Å². The van der Waals surface area contributed by atoms with E-state index in [0.717, 1.165) is 25.0 Å². The van der Waals surface area contributed by atoms with Gasteiger partial charge < -0.3 is 20.1 Å². The molecule has 0 radical (unpaired) electrons. The highest BCUT2D eigenvalue weighted by molar-refractivity contribution is 5.90. The van der Waals surface area contributed by atoms with Crippen molar-refractivity contribution >= 4 is 23.8 Å². The SMILES string of the molecule is CCOC(=O)/C=C/c1ccc(NC(=O)N[C@H](C)[C@H]2CCCO2)cc1. The zero-order valence-electron chi connectivity index (χ0n) is 14.1. The molecule has 0 aromatic heterocycles. The maximum atomic E-state index is 12.0. The van der Waals surface area contributed by atoms with Crippen LogP contribution in [0.5, 0.6) is 0 Å². The zero-order chi connectivity index (χ0) is 17.4. The lowest BCUT2D eigenvalue weighted by atomic mass is 10.1. The van der Waals surface area contributed by atoms with E-state index in [9.17, 15) is 9.59 Å². The number of urea groups is 1. The standard InChI is InChI=1S/C18H24N2O4/c1-3-23-17(21)11-8-14-6-9-15(10-7-14)20-18(22)19-13(2)16-5-4-12-24-16/h6-11,13,16H,3-5,12H2,1-2H3,(H2,19,20,22)/b11-8+/t13-,16-/m1/s1. The average molecular weight is 332 g/mol. The van der Waals surface area contributed by atoms with Crippen LogP contribution in [0.3, 0.4) is 0 Å². The quantitative estimate of drug-likeness (QED) is 0.620. The molecule has 0 bridgehead atoms. The molecule has 0 spiro atoms. The molecule has 0 aliphatic carbocycles. The molecule has 1 aromatic rings. The second-order valence-corrected chi connectivity index (χ2v) is 5.65. The molecule has 6 nitrogen and oxygen atoms in total. The number of amides is 2. The van der Waals surface area contributed by atoms with Crippen LogP contribution in [0.25, 0.3) is 6.08 Å². The summed E-state index contributed by atoms with van der Waals surface area (Å²) in [7, 11) is 0. The van der Waals surface area contributed by atoms with E-state index in [-0.39, 0.29) is 24.1 Å². The Hall–Kier alpha value is -2.34. The minimum atomic E-state index is -0.373. The first kappa shape index (κ1) is 18.0. The summed E-state index contributed by atoms with van der Waals surface area (Å²) >= 11 is 0. The normalized spacial score (nSPS) is 18.3. The number of benzene rings is 1. The predicted octanol–water partition coefficient (Wildman–Crippen LogP) is 2.95. The Kier molecular flexibility index (Phi) is 6.81. The van der Waals surface area contributed by atoms with Crippen LogP contribution >= 0.6 is 0 Å². The third kappa shape index (κ3) is 5.70. The van der Waals surface area contributed by atoms with Crippen LogP contribution in [-0.2, 0) is 14.3 Å². The Morgan fingerprint density at radius 2 is 2.12 bits per heavy atom. The van der Waals surface area contributed by atoms with E-state index in [1.54, 1.807) is 25.1 Å². The van der Waals surface area contributed by atoms with Crippen LogP contribution in [0.2, 0.25) is 0 Å². The summed E-state index contributed by atoms with van der Waals surface area (Å²) in [6.45, 7) is 4.82. The third-order valence-electron chi connectivity index (χ3n) is 3.75. The fraction of sp³-hybridized carbons (Fsp3) is 0.444. The lowest BCUT2D eigenvalue weighted by molar-refractivity contribution is -0.137. The molecule has 1 aromatic carbocycles. The maximum Gasteiger partial charge on any atom is 0.330 e. The van der Waals surface area contributed by atoms with Crippen molar-refractivity contribution in [1.29, 1.82) is 0 Å². The van der Waals surface area contributed by atoms with Gasteiger partial charge in [-0.25, -0.2) is 9.59 Å². The number of rotatable bonds is 6. The average Bonchev–Trinajstić information content (AvgIpc) is 3.09. The molecule has 1 aliphatic rings. The molecular formula is C18H24N2O4. The van der Waals surface area contributed by atoms with Gasteiger partial charge in [0.05, 0.1) is 18.8 Å². The van der Waals surface area contributed by atoms with Gasteiger partial charge in [-0.1, -0.05) is 12.1 Å². The Balaban J connectivity index is 1.82. The van der Waals surface area contributed by atoms with Crippen LogP contribution in [0.15, 0.2) is 30.3 Å². The molecule has 1 fully saturated rings. The van der Waals surface area contributed by atoms with Gasteiger partial charge in [-0.3, -0.25) is 0 Å². The molecule has 2 amide bonds. The first-order chi connectivity index (χ1) is 11.6. The van der Waals surface area contributed by atoms with E-state index in [1.165, 1.54) is 6.08 Å². The van der Waals surface area contributed by atoms with Crippen molar-refractivity contribution in [1.82, 2.24) is 5.32 Å². The number of carbonyl (C=O) groups is 2. The topological polar surface area (TPSA) is 76.7 Å². The molecule has 1 heterocycles. The number of hydrogen-bond donors (Lipinski definition) is 2. The second kappa shape index (κ2) is 9.08. The van der Waals surface area contributed by atoms with Gasteiger partial charge >= 0.3 is 12.0 Å². The summed E-state index contributed by atoms with van der Waals surface area (Å²) in [6.07, 6.45) is 5.15. The minimum absolute atomic E-state index is 0.0284. The molecule has 130 valence electrons. The van der Waals surface area contributed by atoms with Crippen LogP contribution in [0, 0.1) is 0 Å². The maximum absolute atomic E-state index is 12.0. The van der Waals surface area contributed by atoms with Gasteiger partial charge in [0.1, 0.15) is 0 Å². The summed E-state index contributed by atoms with van der Waals surface area (Å²) in [4.78, 5) is 23.3. The van der Waals surface area contributed by atoms with Crippen molar-refractivity contribution < 1.29 is 19.1 Å². The van der Waals surface area contributed by atoms with Crippen LogP contribution < -0.4 is 10.6 Å². The van der Waals surface area contributed by atoms with Crippen molar-refractivity contribution in [2.45, 2.75) is 38.8 Å².